The summed E-state index contributed by atoms with van der Waals surface area (Å²) >= 11 is 0. The lowest BCUT2D eigenvalue weighted by Crippen LogP contribution is -1.92. The minimum atomic E-state index is 0.380. The van der Waals surface area contributed by atoms with Gasteiger partial charge in [-0.15, -0.1) is 0 Å². The third-order valence-electron chi connectivity index (χ3n) is 3.71. The molecule has 0 saturated heterocycles. The van der Waals surface area contributed by atoms with Gasteiger partial charge in [0.2, 0.25) is 0 Å². The first-order valence-corrected chi connectivity index (χ1v) is 6.81. The number of rotatable bonds is 1. The van der Waals surface area contributed by atoms with Gasteiger partial charge in [-0.3, -0.25) is 0 Å². The van der Waals surface area contributed by atoms with Crippen LogP contribution in [0.25, 0.3) is 32.8 Å². The molecule has 3 aromatic carbocycles. The van der Waals surface area contributed by atoms with E-state index in [0.717, 1.165) is 38.4 Å². The van der Waals surface area contributed by atoms with Gasteiger partial charge < -0.3 is 0 Å². The minimum Gasteiger partial charge on any atom is -0.244 e. The maximum absolute atomic E-state index is 9.04. The monoisotopic (exact) mass is 269 g/mol. The normalized spacial score (nSPS) is 11.0. The van der Waals surface area contributed by atoms with E-state index >= 15 is 0 Å². The van der Waals surface area contributed by atoms with Crippen LogP contribution in [0.2, 0.25) is 0 Å². The molecular weight excluding hydrogens is 258 g/mol. The van der Waals surface area contributed by atoms with Crippen molar-refractivity contribution in [2.24, 2.45) is 0 Å². The largest absolute Gasteiger partial charge is 0.244 e. The summed E-state index contributed by atoms with van der Waals surface area (Å²) in [4.78, 5) is 9.46. The van der Waals surface area contributed by atoms with Gasteiger partial charge in [-0.1, -0.05) is 36.4 Å². The quantitative estimate of drug-likeness (QED) is 0.387. The van der Waals surface area contributed by atoms with Crippen molar-refractivity contribution >= 4 is 32.8 Å². The SMILES string of the molecule is N#CCc1cc2nc3ccccc3nc2c2ccccc12. The fourth-order valence-corrected chi connectivity index (χ4v) is 2.76. The van der Waals surface area contributed by atoms with E-state index in [2.05, 4.69) is 6.07 Å². The van der Waals surface area contributed by atoms with Gasteiger partial charge in [-0.25, -0.2) is 9.97 Å². The number of fused-ring (bicyclic) bond motifs is 4. The highest BCUT2D eigenvalue weighted by atomic mass is 14.8. The molecule has 3 heteroatoms. The Labute approximate surface area is 121 Å². The summed E-state index contributed by atoms with van der Waals surface area (Å²) in [7, 11) is 0. The van der Waals surface area contributed by atoms with Gasteiger partial charge in [0.15, 0.2) is 0 Å². The van der Waals surface area contributed by atoms with E-state index in [0.29, 0.717) is 6.42 Å². The van der Waals surface area contributed by atoms with Gasteiger partial charge in [0, 0.05) is 5.39 Å². The zero-order chi connectivity index (χ0) is 14.2. The molecule has 1 aromatic heterocycles. The molecule has 0 aliphatic rings. The Kier molecular flexibility index (Phi) is 2.55. The second-order valence-electron chi connectivity index (χ2n) is 5.00. The van der Waals surface area contributed by atoms with Crippen molar-refractivity contribution in [1.82, 2.24) is 9.97 Å². The molecule has 98 valence electrons. The Bertz CT molecular complexity index is 1030. The molecule has 4 aromatic rings. The van der Waals surface area contributed by atoms with Crippen molar-refractivity contribution in [2.45, 2.75) is 6.42 Å². The maximum atomic E-state index is 9.04. The molecule has 0 aliphatic carbocycles. The predicted octanol–water partition coefficient (Wildman–Crippen LogP) is 4.00. The van der Waals surface area contributed by atoms with E-state index < -0.39 is 0 Å². The van der Waals surface area contributed by atoms with Gasteiger partial charge >= 0.3 is 0 Å². The summed E-state index contributed by atoms with van der Waals surface area (Å²) in [6.07, 6.45) is 0.380. The molecule has 0 bridgehead atoms. The minimum absolute atomic E-state index is 0.380. The Balaban J connectivity index is 2.21. The lowest BCUT2D eigenvalue weighted by molar-refractivity contribution is 1.28. The van der Waals surface area contributed by atoms with Crippen LogP contribution in [0.3, 0.4) is 0 Å². The molecule has 4 rings (SSSR count). The molecule has 0 amide bonds. The first-order chi connectivity index (χ1) is 10.4. The van der Waals surface area contributed by atoms with Crippen LogP contribution in [-0.2, 0) is 6.42 Å². The van der Waals surface area contributed by atoms with E-state index in [-0.39, 0.29) is 0 Å². The summed E-state index contributed by atoms with van der Waals surface area (Å²) < 4.78 is 0. The zero-order valence-corrected chi connectivity index (χ0v) is 11.2. The molecule has 0 unspecified atom stereocenters. The number of nitriles is 1. The smallest absolute Gasteiger partial charge is 0.0973 e. The van der Waals surface area contributed by atoms with Crippen LogP contribution in [0.15, 0.2) is 54.6 Å². The molecule has 3 nitrogen and oxygen atoms in total. The van der Waals surface area contributed by atoms with Gasteiger partial charge in [-0.05, 0) is 29.1 Å². The van der Waals surface area contributed by atoms with Gasteiger partial charge in [-0.2, -0.15) is 5.26 Å². The van der Waals surface area contributed by atoms with Gasteiger partial charge in [0.1, 0.15) is 0 Å². The number of hydrogen-bond acceptors (Lipinski definition) is 3. The highest BCUT2D eigenvalue weighted by Gasteiger charge is 2.09. The lowest BCUT2D eigenvalue weighted by Gasteiger charge is -2.08. The lowest BCUT2D eigenvalue weighted by atomic mass is 10.0. The van der Waals surface area contributed by atoms with E-state index in [1.165, 1.54) is 0 Å². The molecule has 0 N–H and O–H groups in total. The standard InChI is InChI=1S/C18H11N3/c19-10-9-12-11-17-18(14-6-2-1-5-13(12)14)21-16-8-4-3-7-15(16)20-17/h1-8,11H,9H2. The second kappa shape index (κ2) is 4.53. The van der Waals surface area contributed by atoms with Crippen LogP contribution in [-0.4, -0.2) is 9.97 Å². The van der Waals surface area contributed by atoms with Crippen molar-refractivity contribution in [3.05, 3.63) is 60.2 Å². The van der Waals surface area contributed by atoms with Crippen molar-refractivity contribution in [3.8, 4) is 6.07 Å². The van der Waals surface area contributed by atoms with E-state index in [9.17, 15) is 0 Å². The molecular formula is C18H11N3. The summed E-state index contributed by atoms with van der Waals surface area (Å²) in [5, 5.41) is 11.2. The zero-order valence-electron chi connectivity index (χ0n) is 11.2. The summed E-state index contributed by atoms with van der Waals surface area (Å²) in [5.41, 5.74) is 4.51. The van der Waals surface area contributed by atoms with Crippen molar-refractivity contribution in [2.75, 3.05) is 0 Å². The topological polar surface area (TPSA) is 49.6 Å². The van der Waals surface area contributed by atoms with Crippen molar-refractivity contribution < 1.29 is 0 Å². The number of nitrogens with zero attached hydrogens (tertiary/aromatic N) is 3. The van der Waals surface area contributed by atoms with Crippen molar-refractivity contribution in [3.63, 3.8) is 0 Å². The number of aromatic nitrogens is 2. The maximum Gasteiger partial charge on any atom is 0.0973 e. The summed E-state index contributed by atoms with van der Waals surface area (Å²) in [6, 6.07) is 20.1. The molecule has 0 atom stereocenters. The third kappa shape index (κ3) is 1.81. The average Bonchev–Trinajstić information content (AvgIpc) is 2.54. The molecule has 1 heterocycles. The Morgan fingerprint density at radius 2 is 1.48 bits per heavy atom. The van der Waals surface area contributed by atoms with Crippen LogP contribution in [0.4, 0.5) is 0 Å². The van der Waals surface area contributed by atoms with Gasteiger partial charge in [0.25, 0.3) is 0 Å². The highest BCUT2D eigenvalue weighted by molar-refractivity contribution is 6.07. The summed E-state index contributed by atoms with van der Waals surface area (Å²) in [6.45, 7) is 0. The van der Waals surface area contributed by atoms with Crippen LogP contribution in [0.1, 0.15) is 5.56 Å². The van der Waals surface area contributed by atoms with Crippen LogP contribution >= 0.6 is 0 Å². The number of benzene rings is 3. The Morgan fingerprint density at radius 1 is 0.810 bits per heavy atom. The highest BCUT2D eigenvalue weighted by Crippen LogP contribution is 2.28. The first-order valence-electron chi connectivity index (χ1n) is 6.81. The number of hydrogen-bond donors (Lipinski definition) is 0. The fraction of sp³-hybridized carbons (Fsp3) is 0.0556. The predicted molar refractivity (Wildman–Crippen MR) is 83.9 cm³/mol. The third-order valence-corrected chi connectivity index (χ3v) is 3.71. The van der Waals surface area contributed by atoms with Crippen molar-refractivity contribution in [1.29, 1.82) is 5.26 Å². The van der Waals surface area contributed by atoms with Crippen LogP contribution in [0, 0.1) is 11.3 Å². The molecule has 0 spiro atoms. The summed E-state index contributed by atoms with van der Waals surface area (Å²) in [5.74, 6) is 0. The second-order valence-corrected chi connectivity index (χ2v) is 5.00. The molecule has 0 aliphatic heterocycles. The van der Waals surface area contributed by atoms with E-state index in [1.54, 1.807) is 0 Å². The average molecular weight is 269 g/mol. The number of para-hydroxylation sites is 2. The van der Waals surface area contributed by atoms with Crippen LogP contribution < -0.4 is 0 Å². The van der Waals surface area contributed by atoms with E-state index in [4.69, 9.17) is 15.2 Å². The van der Waals surface area contributed by atoms with Gasteiger partial charge in [0.05, 0.1) is 34.6 Å². The Morgan fingerprint density at radius 3 is 2.24 bits per heavy atom. The first kappa shape index (κ1) is 11.8. The Hall–Kier alpha value is -2.99. The van der Waals surface area contributed by atoms with E-state index in [1.807, 2.05) is 54.6 Å². The molecule has 21 heavy (non-hydrogen) atoms. The molecule has 0 radical (unpaired) electrons. The van der Waals surface area contributed by atoms with Crippen LogP contribution in [0.5, 0.6) is 0 Å². The molecule has 0 saturated carbocycles. The fourth-order valence-electron chi connectivity index (χ4n) is 2.76. The molecule has 0 fully saturated rings.